The monoisotopic (exact) mass is 580 g/mol. The highest BCUT2D eigenvalue weighted by Crippen LogP contribution is 2.32. The number of allylic oxidation sites excluding steroid dienone is 1. The molecule has 6 nitrogen and oxygen atoms in total. The summed E-state index contributed by atoms with van der Waals surface area (Å²) in [6, 6.07) is 14.6. The van der Waals surface area contributed by atoms with E-state index in [4.69, 9.17) is 9.15 Å². The third-order valence-electron chi connectivity index (χ3n) is 5.99. The van der Waals surface area contributed by atoms with E-state index in [0.29, 0.717) is 32.1 Å². The van der Waals surface area contributed by atoms with E-state index in [1.54, 1.807) is 38.1 Å². The summed E-state index contributed by atoms with van der Waals surface area (Å²) < 4.78 is 27.8. The van der Waals surface area contributed by atoms with Gasteiger partial charge in [-0.1, -0.05) is 45.5 Å². The van der Waals surface area contributed by atoms with Crippen molar-refractivity contribution in [3.05, 3.63) is 113 Å². The molecule has 5 rings (SSSR count). The third kappa shape index (κ3) is 4.76. The summed E-state index contributed by atoms with van der Waals surface area (Å²) in [4.78, 5) is 31.5. The molecule has 0 radical (unpaired) electrons. The second-order valence-corrected chi connectivity index (χ2v) is 10.4. The van der Waals surface area contributed by atoms with Gasteiger partial charge in [-0.3, -0.25) is 9.36 Å². The molecule has 4 aromatic rings. The number of halogens is 2. The Balaban J connectivity index is 1.63. The summed E-state index contributed by atoms with van der Waals surface area (Å²) in [5, 5.41) is 0. The largest absolute Gasteiger partial charge is 0.463 e. The number of furan rings is 1. The van der Waals surface area contributed by atoms with Gasteiger partial charge in [-0.15, -0.1) is 0 Å². The molecule has 188 valence electrons. The minimum absolute atomic E-state index is 0.175. The van der Waals surface area contributed by atoms with Crippen LogP contribution >= 0.6 is 27.3 Å². The number of carbonyl (C=O) groups excluding carboxylic acids is 1. The van der Waals surface area contributed by atoms with Gasteiger partial charge in [0, 0.05) is 16.1 Å². The van der Waals surface area contributed by atoms with E-state index in [9.17, 15) is 14.0 Å². The quantitative estimate of drug-likeness (QED) is 0.301. The molecule has 0 saturated carbocycles. The first kappa shape index (κ1) is 25.1. The smallest absolute Gasteiger partial charge is 0.338 e. The maximum atomic E-state index is 13.7. The van der Waals surface area contributed by atoms with Gasteiger partial charge >= 0.3 is 5.97 Å². The van der Waals surface area contributed by atoms with Crippen molar-refractivity contribution in [2.45, 2.75) is 26.8 Å². The molecule has 37 heavy (non-hydrogen) atoms. The molecule has 1 aliphatic heterocycles. The molecule has 0 saturated heterocycles. The van der Waals surface area contributed by atoms with Gasteiger partial charge in [0.2, 0.25) is 0 Å². The van der Waals surface area contributed by atoms with Crippen molar-refractivity contribution in [1.29, 1.82) is 0 Å². The number of aromatic nitrogens is 1. The van der Waals surface area contributed by atoms with Gasteiger partial charge in [-0.05, 0) is 68.3 Å². The zero-order valence-corrected chi connectivity index (χ0v) is 22.7. The molecule has 3 heterocycles. The van der Waals surface area contributed by atoms with Crippen LogP contribution < -0.4 is 14.9 Å². The van der Waals surface area contributed by atoms with Crippen LogP contribution in [0.5, 0.6) is 0 Å². The van der Waals surface area contributed by atoms with Crippen LogP contribution in [0.15, 0.2) is 84.5 Å². The summed E-state index contributed by atoms with van der Waals surface area (Å²) in [6.07, 6.45) is 1.67. The SMILES string of the molecule is CCOC(=O)C1=C(C)N=c2s/c(=C\c3ccc(-c4ccc(C)cc4Br)o3)c(=O)n2[C@@H]1c1ccc(F)cc1. The van der Waals surface area contributed by atoms with E-state index in [1.165, 1.54) is 28.0 Å². The average molecular weight is 581 g/mol. The molecule has 0 bridgehead atoms. The highest BCUT2D eigenvalue weighted by Gasteiger charge is 2.33. The molecule has 2 aromatic heterocycles. The Kier molecular flexibility index (Phi) is 6.83. The number of hydrogen-bond donors (Lipinski definition) is 0. The van der Waals surface area contributed by atoms with Crippen molar-refractivity contribution < 1.29 is 18.3 Å². The second-order valence-electron chi connectivity index (χ2n) is 8.54. The molecule has 0 fully saturated rings. The number of hydrogen-bond acceptors (Lipinski definition) is 6. The fourth-order valence-corrected chi connectivity index (χ4v) is 5.99. The standard InChI is InChI=1S/C28H22BrFN2O4S/c1-4-35-27(34)24-16(3)31-28-32(25(24)17-6-8-18(30)9-7-17)26(33)23(37-28)14-19-10-12-22(36-19)20-11-5-15(2)13-21(20)29/h5-14,25H,4H2,1-3H3/b23-14-/t25-/m1/s1. The van der Waals surface area contributed by atoms with Crippen LogP contribution in [0.4, 0.5) is 4.39 Å². The lowest BCUT2D eigenvalue weighted by Crippen LogP contribution is -2.39. The van der Waals surface area contributed by atoms with Gasteiger partial charge in [-0.25, -0.2) is 14.2 Å². The average Bonchev–Trinajstić information content (AvgIpc) is 3.43. The summed E-state index contributed by atoms with van der Waals surface area (Å²) in [7, 11) is 0. The molecule has 2 aromatic carbocycles. The van der Waals surface area contributed by atoms with E-state index < -0.39 is 17.8 Å². The van der Waals surface area contributed by atoms with Crippen LogP contribution in [-0.2, 0) is 9.53 Å². The number of nitrogens with zero attached hydrogens (tertiary/aromatic N) is 2. The lowest BCUT2D eigenvalue weighted by atomic mass is 9.96. The Morgan fingerprint density at radius 2 is 1.95 bits per heavy atom. The summed E-state index contributed by atoms with van der Waals surface area (Å²) in [6.45, 7) is 5.60. The van der Waals surface area contributed by atoms with Crippen LogP contribution in [0, 0.1) is 12.7 Å². The van der Waals surface area contributed by atoms with Gasteiger partial charge < -0.3 is 9.15 Å². The maximum Gasteiger partial charge on any atom is 0.338 e. The van der Waals surface area contributed by atoms with Crippen molar-refractivity contribution >= 4 is 39.3 Å². The van der Waals surface area contributed by atoms with Crippen molar-refractivity contribution in [3.8, 4) is 11.3 Å². The number of carbonyl (C=O) groups is 1. The van der Waals surface area contributed by atoms with E-state index in [1.807, 2.05) is 31.2 Å². The van der Waals surface area contributed by atoms with E-state index >= 15 is 0 Å². The number of fused-ring (bicyclic) bond motifs is 1. The minimum atomic E-state index is -0.797. The summed E-state index contributed by atoms with van der Waals surface area (Å²) >= 11 is 4.78. The molecule has 1 atom stereocenters. The molecule has 0 N–H and O–H groups in total. The lowest BCUT2D eigenvalue weighted by molar-refractivity contribution is -0.139. The fraction of sp³-hybridized carbons (Fsp3) is 0.179. The Morgan fingerprint density at radius 3 is 2.65 bits per heavy atom. The summed E-state index contributed by atoms with van der Waals surface area (Å²) in [5.74, 6) is 0.193. The normalized spacial score (nSPS) is 15.5. The molecule has 9 heteroatoms. The molecular formula is C28H22BrFN2O4S. The van der Waals surface area contributed by atoms with Crippen molar-refractivity contribution in [2.75, 3.05) is 6.61 Å². The van der Waals surface area contributed by atoms with Crippen LogP contribution in [0.3, 0.4) is 0 Å². The van der Waals surface area contributed by atoms with Crippen LogP contribution in [0.1, 0.15) is 36.8 Å². The first-order valence-corrected chi connectivity index (χ1v) is 13.2. The predicted molar refractivity (Wildman–Crippen MR) is 143 cm³/mol. The molecule has 0 unspecified atom stereocenters. The van der Waals surface area contributed by atoms with Crippen molar-refractivity contribution in [1.82, 2.24) is 4.57 Å². The van der Waals surface area contributed by atoms with Crippen molar-refractivity contribution in [3.63, 3.8) is 0 Å². The Morgan fingerprint density at radius 1 is 1.19 bits per heavy atom. The number of benzene rings is 2. The van der Waals surface area contributed by atoms with E-state index in [0.717, 1.165) is 15.6 Å². The Labute approximate surface area is 224 Å². The number of ether oxygens (including phenoxy) is 1. The summed E-state index contributed by atoms with van der Waals surface area (Å²) in [5.41, 5.74) is 2.97. The molecule has 0 aliphatic carbocycles. The lowest BCUT2D eigenvalue weighted by Gasteiger charge is -2.24. The predicted octanol–water partition coefficient (Wildman–Crippen LogP) is 5.27. The molecule has 0 spiro atoms. The third-order valence-corrected chi connectivity index (χ3v) is 7.63. The molecular weight excluding hydrogens is 559 g/mol. The van der Waals surface area contributed by atoms with Gasteiger partial charge in [0.05, 0.1) is 28.5 Å². The van der Waals surface area contributed by atoms with Crippen LogP contribution in [0.2, 0.25) is 0 Å². The Hall–Kier alpha value is -3.56. The fourth-order valence-electron chi connectivity index (χ4n) is 4.28. The first-order chi connectivity index (χ1) is 17.8. The molecule has 1 aliphatic rings. The van der Waals surface area contributed by atoms with Gasteiger partial charge in [0.15, 0.2) is 4.80 Å². The highest BCUT2D eigenvalue weighted by atomic mass is 79.9. The second kappa shape index (κ2) is 10.1. The maximum absolute atomic E-state index is 13.7. The number of aryl methyl sites for hydroxylation is 1. The first-order valence-electron chi connectivity index (χ1n) is 11.6. The Bertz CT molecular complexity index is 1730. The number of thiazole rings is 1. The van der Waals surface area contributed by atoms with Gasteiger partial charge in [0.25, 0.3) is 5.56 Å². The number of rotatable bonds is 5. The number of esters is 1. The van der Waals surface area contributed by atoms with Gasteiger partial charge in [0.1, 0.15) is 17.3 Å². The van der Waals surface area contributed by atoms with Crippen LogP contribution in [0.25, 0.3) is 17.4 Å². The van der Waals surface area contributed by atoms with E-state index in [-0.39, 0.29) is 17.7 Å². The minimum Gasteiger partial charge on any atom is -0.463 e. The van der Waals surface area contributed by atoms with Crippen LogP contribution in [-0.4, -0.2) is 17.1 Å². The highest BCUT2D eigenvalue weighted by molar-refractivity contribution is 9.10. The van der Waals surface area contributed by atoms with E-state index in [2.05, 4.69) is 20.9 Å². The van der Waals surface area contributed by atoms with Crippen molar-refractivity contribution in [2.24, 2.45) is 4.99 Å². The zero-order chi connectivity index (χ0) is 26.3. The van der Waals surface area contributed by atoms with Gasteiger partial charge in [-0.2, -0.15) is 0 Å². The molecule has 0 amide bonds. The zero-order valence-electron chi connectivity index (χ0n) is 20.2. The topological polar surface area (TPSA) is 73.8 Å².